The Kier molecular flexibility index (Phi) is 6.99. The van der Waals surface area contributed by atoms with Crippen molar-refractivity contribution in [1.29, 1.82) is 0 Å². The summed E-state index contributed by atoms with van der Waals surface area (Å²) in [4.78, 5) is 14.8. The van der Waals surface area contributed by atoms with Crippen molar-refractivity contribution in [2.24, 2.45) is 0 Å². The number of benzene rings is 2. The molecule has 1 heterocycles. The Morgan fingerprint density at radius 3 is 2.53 bits per heavy atom. The third-order valence-corrected chi connectivity index (χ3v) is 6.64. The predicted octanol–water partition coefficient (Wildman–Crippen LogP) is 2.65. The van der Waals surface area contributed by atoms with E-state index in [1.165, 1.54) is 0 Å². The Hall–Kier alpha value is -2.58. The molecule has 2 aromatic rings. The van der Waals surface area contributed by atoms with Crippen LogP contribution in [0.5, 0.6) is 0 Å². The Morgan fingerprint density at radius 2 is 1.83 bits per heavy atom. The summed E-state index contributed by atoms with van der Waals surface area (Å²) < 4.78 is 29.2. The Balaban J connectivity index is 2.00. The largest absolute Gasteiger partial charge is 0.367 e. The molecule has 0 bridgehead atoms. The lowest BCUT2D eigenvalue weighted by Crippen LogP contribution is -2.43. The van der Waals surface area contributed by atoms with Gasteiger partial charge in [0.05, 0.1) is 16.3 Å². The maximum atomic E-state index is 13.2. The third-order valence-electron chi connectivity index (χ3n) is 5.13. The highest BCUT2D eigenvalue weighted by Gasteiger charge is 2.22. The molecule has 1 amide bonds. The van der Waals surface area contributed by atoms with Crippen molar-refractivity contribution in [1.82, 2.24) is 10.6 Å². The van der Waals surface area contributed by atoms with E-state index in [-0.39, 0.29) is 10.8 Å². The highest BCUT2D eigenvalue weighted by Crippen LogP contribution is 2.30. The molecule has 1 aliphatic heterocycles. The lowest BCUT2D eigenvalue weighted by atomic mass is 10.1. The lowest BCUT2D eigenvalue weighted by Gasteiger charge is -2.31. The van der Waals surface area contributed by atoms with Gasteiger partial charge in [0.1, 0.15) is 0 Å². The van der Waals surface area contributed by atoms with Crippen LogP contribution in [0, 0.1) is 13.8 Å². The van der Waals surface area contributed by atoms with E-state index >= 15 is 0 Å². The summed E-state index contributed by atoms with van der Waals surface area (Å²) in [6.07, 6.45) is 0.830. The molecule has 0 radical (unpaired) electrons. The number of carbonyl (C=O) groups is 1. The van der Waals surface area contributed by atoms with Crippen molar-refractivity contribution in [3.63, 3.8) is 0 Å². The highest BCUT2D eigenvalue weighted by molar-refractivity contribution is 7.92. The SMILES string of the molecule is CCCNC(=O)c1ccc(N2CCNCC2)c(NS(=O)(=O)c2cc(C)ccc2C)c1. The number of aryl methyl sites for hydroxylation is 2. The number of carbonyl (C=O) groups excluding carboxylic acids is 1. The van der Waals surface area contributed by atoms with Gasteiger partial charge in [-0.25, -0.2) is 8.42 Å². The van der Waals surface area contributed by atoms with E-state index < -0.39 is 10.0 Å². The predicted molar refractivity (Wildman–Crippen MR) is 121 cm³/mol. The first kappa shape index (κ1) is 22.1. The molecule has 0 saturated carbocycles. The lowest BCUT2D eigenvalue weighted by molar-refractivity contribution is 0.0953. The van der Waals surface area contributed by atoms with Crippen molar-refractivity contribution >= 4 is 27.3 Å². The fraction of sp³-hybridized carbons (Fsp3) is 0.409. The molecule has 162 valence electrons. The van der Waals surface area contributed by atoms with Gasteiger partial charge in [0, 0.05) is 38.3 Å². The van der Waals surface area contributed by atoms with E-state index in [1.807, 2.05) is 26.0 Å². The summed E-state index contributed by atoms with van der Waals surface area (Å²) in [6.45, 7) is 9.37. The summed E-state index contributed by atoms with van der Waals surface area (Å²) in [7, 11) is -3.81. The Morgan fingerprint density at radius 1 is 1.10 bits per heavy atom. The maximum Gasteiger partial charge on any atom is 0.262 e. The van der Waals surface area contributed by atoms with Crippen molar-refractivity contribution in [2.75, 3.05) is 42.3 Å². The second kappa shape index (κ2) is 9.49. The van der Waals surface area contributed by atoms with E-state index in [1.54, 1.807) is 31.2 Å². The molecule has 3 rings (SSSR count). The molecule has 0 aliphatic carbocycles. The van der Waals surface area contributed by atoms with Gasteiger partial charge in [-0.15, -0.1) is 0 Å². The highest BCUT2D eigenvalue weighted by atomic mass is 32.2. The van der Waals surface area contributed by atoms with Crippen LogP contribution in [0.15, 0.2) is 41.3 Å². The quantitative estimate of drug-likeness (QED) is 0.628. The van der Waals surface area contributed by atoms with Gasteiger partial charge >= 0.3 is 0 Å². The average molecular weight is 431 g/mol. The average Bonchev–Trinajstić information content (AvgIpc) is 2.74. The molecule has 0 aromatic heterocycles. The standard InChI is InChI=1S/C22H30N4O3S/c1-4-9-24-22(27)18-7-8-20(26-12-10-23-11-13-26)19(15-18)25-30(28,29)21-14-16(2)5-6-17(21)3/h5-8,14-15,23,25H,4,9-13H2,1-3H3,(H,24,27). The monoisotopic (exact) mass is 430 g/mol. The van der Waals surface area contributed by atoms with Crippen LogP contribution in [-0.2, 0) is 10.0 Å². The minimum absolute atomic E-state index is 0.212. The van der Waals surface area contributed by atoms with Crippen LogP contribution in [0.1, 0.15) is 34.8 Å². The van der Waals surface area contributed by atoms with Crippen molar-refractivity contribution in [3.05, 3.63) is 53.1 Å². The first-order valence-corrected chi connectivity index (χ1v) is 11.8. The summed E-state index contributed by atoms with van der Waals surface area (Å²) in [5.74, 6) is -0.212. The molecule has 0 unspecified atom stereocenters. The van der Waals surface area contributed by atoms with Gasteiger partial charge in [-0.05, 0) is 55.7 Å². The molecule has 2 aromatic carbocycles. The fourth-order valence-electron chi connectivity index (χ4n) is 3.48. The van der Waals surface area contributed by atoms with Gasteiger partial charge in [-0.3, -0.25) is 9.52 Å². The minimum Gasteiger partial charge on any atom is -0.367 e. The molecule has 30 heavy (non-hydrogen) atoms. The van der Waals surface area contributed by atoms with Gasteiger partial charge in [-0.2, -0.15) is 0 Å². The number of sulfonamides is 1. The molecule has 8 heteroatoms. The molecular formula is C22H30N4O3S. The summed E-state index contributed by atoms with van der Waals surface area (Å²) in [5, 5.41) is 6.15. The molecule has 1 saturated heterocycles. The molecular weight excluding hydrogens is 400 g/mol. The van der Waals surface area contributed by atoms with Gasteiger partial charge in [0.25, 0.3) is 15.9 Å². The van der Waals surface area contributed by atoms with Gasteiger partial charge in [0.2, 0.25) is 0 Å². The number of piperazine rings is 1. The molecule has 1 fully saturated rings. The van der Waals surface area contributed by atoms with E-state index in [0.717, 1.165) is 43.9 Å². The first-order valence-electron chi connectivity index (χ1n) is 10.3. The second-order valence-electron chi connectivity index (χ2n) is 7.60. The summed E-state index contributed by atoms with van der Waals surface area (Å²) in [5.41, 5.74) is 3.17. The molecule has 0 atom stereocenters. The zero-order chi connectivity index (χ0) is 21.7. The minimum atomic E-state index is -3.81. The second-order valence-corrected chi connectivity index (χ2v) is 9.25. The molecule has 3 N–H and O–H groups in total. The number of hydrogen-bond acceptors (Lipinski definition) is 5. The number of anilines is 2. The van der Waals surface area contributed by atoms with Crippen LogP contribution in [0.2, 0.25) is 0 Å². The van der Waals surface area contributed by atoms with E-state index in [0.29, 0.717) is 23.4 Å². The third kappa shape index (κ3) is 5.12. The molecule has 1 aliphatic rings. The molecule has 7 nitrogen and oxygen atoms in total. The zero-order valence-corrected chi connectivity index (χ0v) is 18.6. The summed E-state index contributed by atoms with van der Waals surface area (Å²) >= 11 is 0. The Labute approximate surface area is 178 Å². The number of nitrogens with zero attached hydrogens (tertiary/aromatic N) is 1. The van der Waals surface area contributed by atoms with Crippen LogP contribution in [0.4, 0.5) is 11.4 Å². The van der Waals surface area contributed by atoms with Crippen molar-refractivity contribution in [3.8, 4) is 0 Å². The first-order chi connectivity index (χ1) is 14.3. The van der Waals surface area contributed by atoms with E-state index in [2.05, 4.69) is 20.3 Å². The van der Waals surface area contributed by atoms with Gasteiger partial charge in [-0.1, -0.05) is 19.1 Å². The zero-order valence-electron chi connectivity index (χ0n) is 17.8. The topological polar surface area (TPSA) is 90.5 Å². The van der Waals surface area contributed by atoms with E-state index in [4.69, 9.17) is 0 Å². The number of hydrogen-bond donors (Lipinski definition) is 3. The Bertz CT molecular complexity index is 1020. The normalized spacial score (nSPS) is 14.4. The van der Waals surface area contributed by atoms with E-state index in [9.17, 15) is 13.2 Å². The van der Waals surface area contributed by atoms with Crippen molar-refractivity contribution in [2.45, 2.75) is 32.1 Å². The van der Waals surface area contributed by atoms with Crippen LogP contribution in [-0.4, -0.2) is 47.0 Å². The van der Waals surface area contributed by atoms with Gasteiger partial charge < -0.3 is 15.5 Å². The van der Waals surface area contributed by atoms with Gasteiger partial charge in [0.15, 0.2) is 0 Å². The fourth-order valence-corrected chi connectivity index (χ4v) is 4.87. The van der Waals surface area contributed by atoms with Crippen LogP contribution < -0.4 is 20.3 Å². The number of nitrogens with one attached hydrogen (secondary N) is 3. The maximum absolute atomic E-state index is 13.2. The number of amides is 1. The summed E-state index contributed by atoms with van der Waals surface area (Å²) in [6, 6.07) is 10.6. The van der Waals surface area contributed by atoms with Crippen LogP contribution in [0.25, 0.3) is 0 Å². The van der Waals surface area contributed by atoms with Crippen LogP contribution in [0.3, 0.4) is 0 Å². The van der Waals surface area contributed by atoms with Crippen LogP contribution >= 0.6 is 0 Å². The molecule has 0 spiro atoms. The number of rotatable bonds is 7. The smallest absolute Gasteiger partial charge is 0.262 e. The van der Waals surface area contributed by atoms with Crippen molar-refractivity contribution < 1.29 is 13.2 Å².